The van der Waals surface area contributed by atoms with Crippen molar-refractivity contribution < 1.29 is 13.2 Å². The molecule has 178 valence electrons. The third-order valence-corrected chi connectivity index (χ3v) is 7.73. The van der Waals surface area contributed by atoms with E-state index in [1.54, 1.807) is 47.1 Å². The van der Waals surface area contributed by atoms with Crippen LogP contribution in [0.1, 0.15) is 20.3 Å². The number of aryl methyl sites for hydroxylation is 2. The number of nitrogens with zero attached hydrogens (tertiary/aromatic N) is 4. The number of rotatable bonds is 9. The van der Waals surface area contributed by atoms with Gasteiger partial charge in [0.2, 0.25) is 15.9 Å². The van der Waals surface area contributed by atoms with Gasteiger partial charge in [-0.3, -0.25) is 13.9 Å². The van der Waals surface area contributed by atoms with E-state index in [1.807, 2.05) is 38.4 Å². The molecule has 0 aliphatic rings. The number of benzene rings is 2. The molecule has 9 nitrogen and oxygen atoms in total. The van der Waals surface area contributed by atoms with Crippen LogP contribution in [0.25, 0.3) is 11.0 Å². The minimum absolute atomic E-state index is 0.0633. The topological polar surface area (TPSA) is 96.7 Å². The van der Waals surface area contributed by atoms with E-state index in [1.165, 1.54) is 10.4 Å². The third-order valence-electron chi connectivity index (χ3n) is 5.68. The van der Waals surface area contributed by atoms with E-state index in [-0.39, 0.29) is 29.5 Å². The summed E-state index contributed by atoms with van der Waals surface area (Å²) in [4.78, 5) is 27.3. The van der Waals surface area contributed by atoms with Crippen LogP contribution < -0.4 is 15.9 Å². The zero-order valence-electron chi connectivity index (χ0n) is 19.7. The van der Waals surface area contributed by atoms with Crippen molar-refractivity contribution in [1.82, 2.24) is 13.4 Å². The Labute approximate surface area is 194 Å². The van der Waals surface area contributed by atoms with Crippen LogP contribution in [0.5, 0.6) is 0 Å². The lowest BCUT2D eigenvalue weighted by Gasteiger charge is -2.22. The smallest absolute Gasteiger partial charge is 0.328 e. The molecule has 1 aromatic heterocycles. The summed E-state index contributed by atoms with van der Waals surface area (Å²) < 4.78 is 30.4. The summed E-state index contributed by atoms with van der Waals surface area (Å²) >= 11 is 0. The number of aromatic nitrogens is 2. The maximum absolute atomic E-state index is 12.9. The number of imidazole rings is 1. The Balaban J connectivity index is 1.86. The molecule has 0 atom stereocenters. The van der Waals surface area contributed by atoms with Crippen molar-refractivity contribution in [2.75, 3.05) is 37.4 Å². The van der Waals surface area contributed by atoms with Gasteiger partial charge in [-0.2, -0.15) is 4.31 Å². The zero-order chi connectivity index (χ0) is 24.3. The summed E-state index contributed by atoms with van der Waals surface area (Å²) in [5, 5.41) is 2.84. The molecular weight excluding hydrogens is 442 g/mol. The maximum Gasteiger partial charge on any atom is 0.328 e. The molecule has 3 aromatic rings. The average Bonchev–Trinajstić information content (AvgIpc) is 3.02. The molecule has 33 heavy (non-hydrogen) atoms. The summed E-state index contributed by atoms with van der Waals surface area (Å²) in [6.07, 6.45) is 0.0633. The molecule has 2 aromatic carbocycles. The van der Waals surface area contributed by atoms with Crippen molar-refractivity contribution in [1.29, 1.82) is 0 Å². The standard InChI is InChI=1S/C23H31N5O4S/c1-6-27(7-2)33(31,32)17-12-13-19(25(3)4)18(16-17)24-22(29)14-15-28-21-11-9-8-10-20(21)26(5)23(28)30/h8-13,16H,6-7,14-15H2,1-5H3,(H,24,29). The molecule has 10 heteroatoms. The van der Waals surface area contributed by atoms with Crippen LogP contribution in [0.4, 0.5) is 11.4 Å². The molecule has 3 rings (SSSR count). The van der Waals surface area contributed by atoms with E-state index in [0.29, 0.717) is 24.5 Å². The molecule has 0 saturated carbocycles. The fraction of sp³-hybridized carbons (Fsp3) is 0.391. The second-order valence-electron chi connectivity index (χ2n) is 7.94. The fourth-order valence-electron chi connectivity index (χ4n) is 3.88. The summed E-state index contributed by atoms with van der Waals surface area (Å²) in [5.41, 5.74) is 2.46. The second-order valence-corrected chi connectivity index (χ2v) is 9.88. The monoisotopic (exact) mass is 473 g/mol. The van der Waals surface area contributed by atoms with Gasteiger partial charge >= 0.3 is 5.69 Å². The summed E-state index contributed by atoms with van der Waals surface area (Å²) in [5.74, 6) is -0.310. The Morgan fingerprint density at radius 2 is 1.67 bits per heavy atom. The Morgan fingerprint density at radius 3 is 2.27 bits per heavy atom. The predicted molar refractivity (Wildman–Crippen MR) is 131 cm³/mol. The second kappa shape index (κ2) is 9.80. The molecule has 1 heterocycles. The number of hydrogen-bond donors (Lipinski definition) is 1. The van der Waals surface area contributed by atoms with Gasteiger partial charge in [0.25, 0.3) is 0 Å². The van der Waals surface area contributed by atoms with E-state index in [9.17, 15) is 18.0 Å². The summed E-state index contributed by atoms with van der Waals surface area (Å²) in [6, 6.07) is 12.1. The van der Waals surface area contributed by atoms with Crippen molar-refractivity contribution in [3.8, 4) is 0 Å². The van der Waals surface area contributed by atoms with E-state index < -0.39 is 10.0 Å². The number of sulfonamides is 1. The number of amides is 1. The van der Waals surface area contributed by atoms with Crippen LogP contribution in [0.15, 0.2) is 52.2 Å². The van der Waals surface area contributed by atoms with Gasteiger partial charge in [0, 0.05) is 47.2 Å². The van der Waals surface area contributed by atoms with Gasteiger partial charge in [-0.05, 0) is 30.3 Å². The normalized spacial score (nSPS) is 11.8. The third kappa shape index (κ3) is 4.81. The lowest BCUT2D eigenvalue weighted by Crippen LogP contribution is -2.30. The van der Waals surface area contributed by atoms with Crippen LogP contribution >= 0.6 is 0 Å². The molecule has 0 bridgehead atoms. The average molecular weight is 474 g/mol. The first-order valence-corrected chi connectivity index (χ1v) is 12.3. The van der Waals surface area contributed by atoms with Gasteiger partial charge in [0.1, 0.15) is 0 Å². The van der Waals surface area contributed by atoms with Gasteiger partial charge in [-0.15, -0.1) is 0 Å². The van der Waals surface area contributed by atoms with E-state index in [2.05, 4.69) is 5.32 Å². The first-order chi connectivity index (χ1) is 15.6. The van der Waals surface area contributed by atoms with Gasteiger partial charge in [-0.1, -0.05) is 26.0 Å². The van der Waals surface area contributed by atoms with Crippen molar-refractivity contribution in [3.05, 3.63) is 52.9 Å². The van der Waals surface area contributed by atoms with Gasteiger partial charge in [-0.25, -0.2) is 13.2 Å². The quantitative estimate of drug-likeness (QED) is 0.515. The molecule has 1 N–H and O–H groups in total. The fourth-order valence-corrected chi connectivity index (χ4v) is 5.37. The summed E-state index contributed by atoms with van der Waals surface area (Å²) in [7, 11) is 1.67. The highest BCUT2D eigenvalue weighted by molar-refractivity contribution is 7.89. The number of para-hydroxylation sites is 2. The summed E-state index contributed by atoms with van der Waals surface area (Å²) in [6.45, 7) is 4.49. The van der Waals surface area contributed by atoms with Crippen molar-refractivity contribution in [2.45, 2.75) is 31.7 Å². The zero-order valence-corrected chi connectivity index (χ0v) is 20.5. The molecule has 0 fully saturated rings. The van der Waals surface area contributed by atoms with Crippen LogP contribution in [0.3, 0.4) is 0 Å². The van der Waals surface area contributed by atoms with E-state index >= 15 is 0 Å². The van der Waals surface area contributed by atoms with Crippen molar-refractivity contribution >= 4 is 38.3 Å². The molecule has 0 radical (unpaired) electrons. The van der Waals surface area contributed by atoms with Gasteiger partial charge in [0.05, 0.1) is 27.3 Å². The first-order valence-electron chi connectivity index (χ1n) is 10.9. The Kier molecular flexibility index (Phi) is 7.28. The number of fused-ring (bicyclic) bond motifs is 1. The van der Waals surface area contributed by atoms with Crippen LogP contribution in [-0.2, 0) is 28.4 Å². The van der Waals surface area contributed by atoms with Crippen LogP contribution in [0.2, 0.25) is 0 Å². The Bertz CT molecular complexity index is 1320. The molecule has 1 amide bonds. The number of carbonyl (C=O) groups is 1. The van der Waals surface area contributed by atoms with Gasteiger partial charge < -0.3 is 10.2 Å². The molecule has 0 spiro atoms. The van der Waals surface area contributed by atoms with Crippen molar-refractivity contribution in [2.24, 2.45) is 7.05 Å². The minimum atomic E-state index is -3.67. The SMILES string of the molecule is CCN(CC)S(=O)(=O)c1ccc(N(C)C)c(NC(=O)CCn2c(=O)n(C)c3ccccc32)c1. The first kappa shape index (κ1) is 24.5. The molecule has 0 aliphatic carbocycles. The Hall–Kier alpha value is -3.11. The highest BCUT2D eigenvalue weighted by Crippen LogP contribution is 2.29. The maximum atomic E-state index is 12.9. The molecule has 0 saturated heterocycles. The minimum Gasteiger partial charge on any atom is -0.376 e. The lowest BCUT2D eigenvalue weighted by atomic mass is 10.2. The predicted octanol–water partition coefficient (Wildman–Crippen LogP) is 2.47. The largest absolute Gasteiger partial charge is 0.376 e. The Morgan fingerprint density at radius 1 is 1.03 bits per heavy atom. The van der Waals surface area contributed by atoms with Crippen LogP contribution in [0, 0.1) is 0 Å². The number of hydrogen-bond acceptors (Lipinski definition) is 5. The number of carbonyl (C=O) groups excluding carboxylic acids is 1. The van der Waals surface area contributed by atoms with E-state index in [0.717, 1.165) is 11.0 Å². The van der Waals surface area contributed by atoms with Gasteiger partial charge in [0.15, 0.2) is 0 Å². The van der Waals surface area contributed by atoms with E-state index in [4.69, 9.17) is 0 Å². The number of anilines is 2. The molecule has 0 aliphatic heterocycles. The lowest BCUT2D eigenvalue weighted by molar-refractivity contribution is -0.116. The molecule has 0 unspecified atom stereocenters. The van der Waals surface area contributed by atoms with Crippen LogP contribution in [-0.4, -0.2) is 54.9 Å². The highest BCUT2D eigenvalue weighted by Gasteiger charge is 2.23. The number of nitrogens with one attached hydrogen (secondary N) is 1. The molecular formula is C23H31N5O4S. The van der Waals surface area contributed by atoms with Crippen molar-refractivity contribution in [3.63, 3.8) is 0 Å². The highest BCUT2D eigenvalue weighted by atomic mass is 32.2.